The molecule has 1 heterocycles. The molecule has 1 aromatic carbocycles. The molecule has 2 atom stereocenters. The van der Waals surface area contributed by atoms with Gasteiger partial charge in [0.2, 0.25) is 5.91 Å². The Morgan fingerprint density at radius 1 is 1.40 bits per heavy atom. The molecule has 1 N–H and O–H groups in total. The number of hydrazone groups is 1. The number of carboxylic acid groups (broad SMARTS) is 1. The lowest BCUT2D eigenvalue weighted by Gasteiger charge is -2.21. The molecule has 0 radical (unpaired) electrons. The maximum atomic E-state index is 11.9. The van der Waals surface area contributed by atoms with Crippen molar-refractivity contribution < 1.29 is 19.4 Å². The van der Waals surface area contributed by atoms with Gasteiger partial charge in [-0.3, -0.25) is 9.59 Å². The Morgan fingerprint density at radius 3 is 2.70 bits per heavy atom. The predicted octanol–water partition coefficient (Wildman–Crippen LogP) is 0.962. The van der Waals surface area contributed by atoms with Crippen molar-refractivity contribution in [3.63, 3.8) is 0 Å². The zero-order valence-electron chi connectivity index (χ0n) is 10.9. The van der Waals surface area contributed by atoms with E-state index in [1.807, 2.05) is 24.3 Å². The fraction of sp³-hybridized carbons (Fsp3) is 0.357. The molecule has 1 amide bonds. The monoisotopic (exact) mass is 274 g/mol. The molecule has 1 aliphatic heterocycles. The Hall–Kier alpha value is -2.37. The van der Waals surface area contributed by atoms with Gasteiger partial charge < -0.3 is 9.84 Å². The van der Waals surface area contributed by atoms with Crippen LogP contribution in [0.15, 0.2) is 29.4 Å². The van der Waals surface area contributed by atoms with Crippen LogP contribution in [0.3, 0.4) is 0 Å². The van der Waals surface area contributed by atoms with E-state index in [4.69, 9.17) is 9.84 Å². The molecule has 20 heavy (non-hydrogen) atoms. The maximum Gasteiger partial charge on any atom is 0.325 e. The molecule has 0 saturated heterocycles. The summed E-state index contributed by atoms with van der Waals surface area (Å²) in [5, 5.41) is 14.1. The van der Waals surface area contributed by atoms with Gasteiger partial charge >= 0.3 is 5.97 Å². The molecular weight excluding hydrogens is 260 g/mol. The quantitative estimate of drug-likeness (QED) is 0.887. The van der Waals surface area contributed by atoms with Crippen molar-refractivity contribution in [2.75, 3.05) is 13.7 Å². The highest BCUT2D eigenvalue weighted by Crippen LogP contribution is 2.45. The van der Waals surface area contributed by atoms with E-state index in [2.05, 4.69) is 5.10 Å². The number of carboxylic acids is 1. The van der Waals surface area contributed by atoms with Crippen molar-refractivity contribution in [2.24, 2.45) is 16.9 Å². The van der Waals surface area contributed by atoms with E-state index < -0.39 is 5.97 Å². The first-order valence-electron chi connectivity index (χ1n) is 6.36. The Labute approximate surface area is 115 Å². The van der Waals surface area contributed by atoms with Crippen LogP contribution in [-0.4, -0.2) is 41.4 Å². The number of amides is 1. The molecule has 1 fully saturated rings. The lowest BCUT2D eigenvalue weighted by atomic mass is 10.0. The minimum Gasteiger partial charge on any atom is -0.497 e. The Bertz CT molecular complexity index is 594. The molecule has 104 valence electrons. The summed E-state index contributed by atoms with van der Waals surface area (Å²) in [5.41, 5.74) is 1.69. The summed E-state index contributed by atoms with van der Waals surface area (Å²) in [7, 11) is 1.59. The van der Waals surface area contributed by atoms with Crippen LogP contribution >= 0.6 is 0 Å². The van der Waals surface area contributed by atoms with Crippen LogP contribution in [0.5, 0.6) is 5.75 Å². The summed E-state index contributed by atoms with van der Waals surface area (Å²) < 4.78 is 5.10. The first-order chi connectivity index (χ1) is 9.60. The molecule has 1 saturated carbocycles. The zero-order chi connectivity index (χ0) is 14.3. The van der Waals surface area contributed by atoms with E-state index in [0.29, 0.717) is 0 Å². The van der Waals surface area contributed by atoms with Gasteiger partial charge in [-0.05, 0) is 36.2 Å². The van der Waals surface area contributed by atoms with Gasteiger partial charge in [-0.15, -0.1) is 0 Å². The van der Waals surface area contributed by atoms with Crippen LogP contribution in [0.4, 0.5) is 0 Å². The van der Waals surface area contributed by atoms with E-state index in [9.17, 15) is 9.59 Å². The Balaban J connectivity index is 1.90. The normalized spacial score (nSPS) is 23.9. The van der Waals surface area contributed by atoms with Gasteiger partial charge in [-0.25, -0.2) is 5.01 Å². The number of aliphatic carboxylic acids is 1. The standard InChI is InChI=1S/C14H14N2O4/c1-20-9-4-2-8(3-5-9)13-10-6-11(10)14(19)16(15-13)7-12(17)18/h2-5,10-11H,6-7H2,1H3,(H,17,18)/t10-,11-/m0/s1. The largest absolute Gasteiger partial charge is 0.497 e. The van der Waals surface area contributed by atoms with Gasteiger partial charge in [-0.2, -0.15) is 5.10 Å². The highest BCUT2D eigenvalue weighted by molar-refractivity contribution is 6.09. The van der Waals surface area contributed by atoms with Crippen LogP contribution in [0.2, 0.25) is 0 Å². The van der Waals surface area contributed by atoms with E-state index >= 15 is 0 Å². The summed E-state index contributed by atoms with van der Waals surface area (Å²) in [5.74, 6) is -0.481. The van der Waals surface area contributed by atoms with Gasteiger partial charge in [0, 0.05) is 11.8 Å². The number of hydrogen-bond donors (Lipinski definition) is 1. The average molecular weight is 274 g/mol. The van der Waals surface area contributed by atoms with Crippen molar-refractivity contribution in [2.45, 2.75) is 6.42 Å². The second-order valence-electron chi connectivity index (χ2n) is 4.95. The molecule has 2 aliphatic rings. The maximum absolute atomic E-state index is 11.9. The minimum atomic E-state index is -1.06. The van der Waals surface area contributed by atoms with E-state index in [1.54, 1.807) is 7.11 Å². The average Bonchev–Trinajstić information content (AvgIpc) is 3.22. The number of nitrogens with zero attached hydrogens (tertiary/aromatic N) is 2. The van der Waals surface area contributed by atoms with Crippen LogP contribution in [-0.2, 0) is 9.59 Å². The molecule has 3 rings (SSSR count). The van der Waals surface area contributed by atoms with Crippen molar-refractivity contribution in [3.8, 4) is 5.75 Å². The van der Waals surface area contributed by atoms with Gasteiger partial charge in [0.25, 0.3) is 0 Å². The SMILES string of the molecule is COc1ccc(C2=NN(CC(=O)O)C(=O)[C@H]3C[C@H]23)cc1. The number of ether oxygens (including phenoxy) is 1. The van der Waals surface area contributed by atoms with Crippen molar-refractivity contribution in [1.29, 1.82) is 0 Å². The molecule has 0 aromatic heterocycles. The van der Waals surface area contributed by atoms with Gasteiger partial charge in [0.15, 0.2) is 0 Å². The predicted molar refractivity (Wildman–Crippen MR) is 70.5 cm³/mol. The number of benzene rings is 1. The van der Waals surface area contributed by atoms with E-state index in [1.165, 1.54) is 0 Å². The number of carbonyl (C=O) groups is 2. The third kappa shape index (κ3) is 2.13. The summed E-state index contributed by atoms with van der Waals surface area (Å²) in [4.78, 5) is 22.7. The van der Waals surface area contributed by atoms with Crippen LogP contribution < -0.4 is 4.74 Å². The Morgan fingerprint density at radius 2 is 2.10 bits per heavy atom. The molecule has 6 nitrogen and oxygen atoms in total. The Kier molecular flexibility index (Phi) is 2.93. The molecule has 1 aliphatic carbocycles. The van der Waals surface area contributed by atoms with Gasteiger partial charge in [-0.1, -0.05) is 0 Å². The molecule has 0 spiro atoms. The second-order valence-corrected chi connectivity index (χ2v) is 4.95. The number of hydrogen-bond acceptors (Lipinski definition) is 4. The van der Waals surface area contributed by atoms with Crippen molar-refractivity contribution in [3.05, 3.63) is 29.8 Å². The topological polar surface area (TPSA) is 79.2 Å². The molecule has 0 bridgehead atoms. The number of methoxy groups -OCH3 is 1. The third-order valence-electron chi connectivity index (χ3n) is 3.61. The van der Waals surface area contributed by atoms with Crippen molar-refractivity contribution in [1.82, 2.24) is 5.01 Å². The minimum absolute atomic E-state index is 0.107. The highest BCUT2D eigenvalue weighted by Gasteiger charge is 2.52. The zero-order valence-corrected chi connectivity index (χ0v) is 10.9. The molecular formula is C14H14N2O4. The fourth-order valence-electron chi connectivity index (χ4n) is 2.49. The summed E-state index contributed by atoms with van der Waals surface area (Å²) >= 11 is 0. The van der Waals surface area contributed by atoms with Gasteiger partial charge in [0.05, 0.1) is 12.8 Å². The van der Waals surface area contributed by atoms with Crippen LogP contribution in [0, 0.1) is 11.8 Å². The van der Waals surface area contributed by atoms with E-state index in [0.717, 1.165) is 28.5 Å². The summed E-state index contributed by atoms with van der Waals surface area (Å²) in [6, 6.07) is 7.41. The first-order valence-corrected chi connectivity index (χ1v) is 6.36. The first kappa shape index (κ1) is 12.7. The van der Waals surface area contributed by atoms with Crippen LogP contribution in [0.25, 0.3) is 0 Å². The lowest BCUT2D eigenvalue weighted by Crippen LogP contribution is -2.37. The second kappa shape index (κ2) is 4.63. The number of rotatable bonds is 4. The number of fused-ring (bicyclic) bond motifs is 1. The van der Waals surface area contributed by atoms with E-state index in [-0.39, 0.29) is 24.3 Å². The third-order valence-corrected chi connectivity index (χ3v) is 3.61. The smallest absolute Gasteiger partial charge is 0.325 e. The lowest BCUT2D eigenvalue weighted by molar-refractivity contribution is -0.145. The fourth-order valence-corrected chi connectivity index (χ4v) is 2.49. The van der Waals surface area contributed by atoms with Crippen LogP contribution in [0.1, 0.15) is 12.0 Å². The number of carbonyl (C=O) groups excluding carboxylic acids is 1. The molecule has 1 aromatic rings. The summed E-state index contributed by atoms with van der Waals surface area (Å²) in [6.07, 6.45) is 0.750. The molecule has 6 heteroatoms. The summed E-state index contributed by atoms with van der Waals surface area (Å²) in [6.45, 7) is -0.387. The highest BCUT2D eigenvalue weighted by atomic mass is 16.5. The van der Waals surface area contributed by atoms with Crippen molar-refractivity contribution >= 4 is 17.6 Å². The van der Waals surface area contributed by atoms with Gasteiger partial charge in [0.1, 0.15) is 12.3 Å². The molecule has 0 unspecified atom stereocenters.